The van der Waals surface area contributed by atoms with E-state index in [-0.39, 0.29) is 5.91 Å². The zero-order chi connectivity index (χ0) is 22.3. The van der Waals surface area contributed by atoms with Crippen LogP contribution in [0.4, 0.5) is 11.4 Å². The Morgan fingerprint density at radius 3 is 2.25 bits per heavy atom. The van der Waals surface area contributed by atoms with Crippen LogP contribution in [0.25, 0.3) is 0 Å². The fraction of sp³-hybridized carbons (Fsp3) is 0.269. The van der Waals surface area contributed by atoms with Crippen LogP contribution < -0.4 is 14.8 Å². The van der Waals surface area contributed by atoms with Gasteiger partial charge < -0.3 is 19.7 Å². The Morgan fingerprint density at radius 2 is 1.53 bits per heavy atom. The lowest BCUT2D eigenvalue weighted by Crippen LogP contribution is -2.48. The maximum atomic E-state index is 13.3. The van der Waals surface area contributed by atoms with Gasteiger partial charge in [-0.25, -0.2) is 0 Å². The molecule has 0 saturated carbocycles. The number of piperazine rings is 1. The van der Waals surface area contributed by atoms with Crippen LogP contribution in [0, 0.1) is 0 Å². The highest BCUT2D eigenvalue weighted by Crippen LogP contribution is 2.28. The van der Waals surface area contributed by atoms with Crippen molar-refractivity contribution in [1.29, 1.82) is 0 Å². The maximum absolute atomic E-state index is 13.3. The summed E-state index contributed by atoms with van der Waals surface area (Å²) in [5.41, 5.74) is 3.66. The molecule has 3 aromatic rings. The van der Waals surface area contributed by atoms with Crippen LogP contribution >= 0.6 is 0 Å². The van der Waals surface area contributed by atoms with Gasteiger partial charge >= 0.3 is 0 Å². The summed E-state index contributed by atoms with van der Waals surface area (Å²) in [5.74, 6) is 1.53. The van der Waals surface area contributed by atoms with Crippen molar-refractivity contribution in [1.82, 2.24) is 9.80 Å². The first-order valence-electron chi connectivity index (χ1n) is 10.8. The third-order valence-corrected chi connectivity index (χ3v) is 5.72. The van der Waals surface area contributed by atoms with Gasteiger partial charge in [-0.3, -0.25) is 9.69 Å². The van der Waals surface area contributed by atoms with Crippen LogP contribution in [-0.4, -0.2) is 56.1 Å². The number of benzene rings is 3. The van der Waals surface area contributed by atoms with Crippen molar-refractivity contribution < 1.29 is 14.3 Å². The summed E-state index contributed by atoms with van der Waals surface area (Å²) >= 11 is 0. The minimum Gasteiger partial charge on any atom is -0.493 e. The highest BCUT2D eigenvalue weighted by Gasteiger charge is 2.24. The molecule has 3 aromatic carbocycles. The Morgan fingerprint density at radius 1 is 0.844 bits per heavy atom. The van der Waals surface area contributed by atoms with Gasteiger partial charge in [0, 0.05) is 38.4 Å². The quantitative estimate of drug-likeness (QED) is 0.601. The van der Waals surface area contributed by atoms with Crippen molar-refractivity contribution in [2.24, 2.45) is 0 Å². The van der Waals surface area contributed by atoms with Crippen molar-refractivity contribution in [2.75, 3.05) is 45.7 Å². The Hall–Kier alpha value is -3.51. The second-order valence-corrected chi connectivity index (χ2v) is 7.79. The minimum absolute atomic E-state index is 0.0646. The van der Waals surface area contributed by atoms with Crippen molar-refractivity contribution in [2.45, 2.75) is 6.54 Å². The van der Waals surface area contributed by atoms with E-state index in [1.54, 1.807) is 14.2 Å². The fourth-order valence-corrected chi connectivity index (χ4v) is 3.97. The normalized spacial score (nSPS) is 14.1. The number of nitrogens with one attached hydrogen (secondary N) is 1. The molecule has 0 aliphatic carbocycles. The molecule has 0 radical (unpaired) electrons. The number of anilines is 2. The smallest absolute Gasteiger partial charge is 0.256 e. The van der Waals surface area contributed by atoms with Crippen LogP contribution in [0.5, 0.6) is 11.5 Å². The van der Waals surface area contributed by atoms with E-state index in [0.717, 1.165) is 42.5 Å². The number of methoxy groups -OCH3 is 2. The summed E-state index contributed by atoms with van der Waals surface area (Å²) in [6, 6.07) is 23.6. The number of nitrogens with zero attached hydrogens (tertiary/aromatic N) is 2. The van der Waals surface area contributed by atoms with Gasteiger partial charge in [0.2, 0.25) is 0 Å². The molecule has 166 valence electrons. The molecule has 1 N–H and O–H groups in total. The molecule has 0 unspecified atom stereocenters. The molecular weight excluding hydrogens is 402 g/mol. The highest BCUT2D eigenvalue weighted by molar-refractivity contribution is 6.00. The summed E-state index contributed by atoms with van der Waals surface area (Å²) in [4.78, 5) is 17.6. The average Bonchev–Trinajstić information content (AvgIpc) is 2.85. The number of rotatable bonds is 7. The maximum Gasteiger partial charge on any atom is 0.256 e. The average molecular weight is 432 g/mol. The summed E-state index contributed by atoms with van der Waals surface area (Å²) in [6.07, 6.45) is 0. The first-order valence-corrected chi connectivity index (χ1v) is 10.8. The van der Waals surface area contributed by atoms with Crippen molar-refractivity contribution in [3.63, 3.8) is 0 Å². The van der Waals surface area contributed by atoms with Gasteiger partial charge in [0.15, 0.2) is 11.5 Å². The molecule has 1 saturated heterocycles. The second kappa shape index (κ2) is 10.2. The molecule has 0 aromatic heterocycles. The van der Waals surface area contributed by atoms with Gasteiger partial charge in [0.05, 0.1) is 25.5 Å². The Labute approximate surface area is 189 Å². The Bertz CT molecular complexity index is 1050. The predicted molar refractivity (Wildman–Crippen MR) is 127 cm³/mol. The molecular formula is C26H29N3O3. The van der Waals surface area contributed by atoms with E-state index in [1.807, 2.05) is 71.6 Å². The topological polar surface area (TPSA) is 54.0 Å². The monoisotopic (exact) mass is 431 g/mol. The summed E-state index contributed by atoms with van der Waals surface area (Å²) < 4.78 is 10.7. The largest absolute Gasteiger partial charge is 0.493 e. The third kappa shape index (κ3) is 5.03. The second-order valence-electron chi connectivity index (χ2n) is 7.79. The van der Waals surface area contributed by atoms with Crippen LogP contribution in [0.15, 0.2) is 72.8 Å². The molecule has 1 aliphatic rings. The zero-order valence-corrected chi connectivity index (χ0v) is 18.6. The van der Waals surface area contributed by atoms with E-state index < -0.39 is 0 Å². The van der Waals surface area contributed by atoms with E-state index >= 15 is 0 Å². The molecule has 0 bridgehead atoms. The van der Waals surface area contributed by atoms with Gasteiger partial charge in [0.1, 0.15) is 0 Å². The molecule has 1 aliphatic heterocycles. The van der Waals surface area contributed by atoms with Gasteiger partial charge in [-0.15, -0.1) is 0 Å². The number of hydrogen-bond donors (Lipinski definition) is 1. The zero-order valence-electron chi connectivity index (χ0n) is 18.6. The van der Waals surface area contributed by atoms with Gasteiger partial charge in [-0.05, 0) is 42.0 Å². The molecule has 6 heteroatoms. The SMILES string of the molecule is COc1ccc(CN2CCN(C(=O)c3ccccc3Nc3ccccc3)CC2)cc1OC. The van der Waals surface area contributed by atoms with Gasteiger partial charge in [-0.1, -0.05) is 36.4 Å². The molecule has 1 fully saturated rings. The van der Waals surface area contributed by atoms with Crippen molar-refractivity contribution in [3.05, 3.63) is 83.9 Å². The first kappa shape index (κ1) is 21.7. The van der Waals surface area contributed by atoms with Crippen LogP contribution in [-0.2, 0) is 6.54 Å². The Balaban J connectivity index is 1.38. The lowest BCUT2D eigenvalue weighted by Gasteiger charge is -2.35. The van der Waals surface area contributed by atoms with Crippen LogP contribution in [0.3, 0.4) is 0 Å². The van der Waals surface area contributed by atoms with Crippen LogP contribution in [0.2, 0.25) is 0 Å². The summed E-state index contributed by atoms with van der Waals surface area (Å²) in [7, 11) is 3.29. The minimum atomic E-state index is 0.0646. The third-order valence-electron chi connectivity index (χ3n) is 5.72. The number of para-hydroxylation sites is 2. The highest BCUT2D eigenvalue weighted by atomic mass is 16.5. The molecule has 1 heterocycles. The van der Waals surface area contributed by atoms with Crippen molar-refractivity contribution in [3.8, 4) is 11.5 Å². The molecule has 32 heavy (non-hydrogen) atoms. The van der Waals surface area contributed by atoms with E-state index in [2.05, 4.69) is 16.3 Å². The van der Waals surface area contributed by atoms with Crippen LogP contribution in [0.1, 0.15) is 15.9 Å². The lowest BCUT2D eigenvalue weighted by molar-refractivity contribution is 0.0629. The number of ether oxygens (including phenoxy) is 2. The van der Waals surface area contributed by atoms with E-state index in [1.165, 1.54) is 5.56 Å². The van der Waals surface area contributed by atoms with E-state index in [0.29, 0.717) is 18.7 Å². The lowest BCUT2D eigenvalue weighted by atomic mass is 10.1. The van der Waals surface area contributed by atoms with Gasteiger partial charge in [0.25, 0.3) is 5.91 Å². The van der Waals surface area contributed by atoms with Gasteiger partial charge in [-0.2, -0.15) is 0 Å². The fourth-order valence-electron chi connectivity index (χ4n) is 3.97. The molecule has 0 atom stereocenters. The number of carbonyl (C=O) groups excluding carboxylic acids is 1. The molecule has 1 amide bonds. The molecule has 4 rings (SSSR count). The first-order chi connectivity index (χ1) is 15.7. The standard InChI is InChI=1S/C26H29N3O3/c1-31-24-13-12-20(18-25(24)32-2)19-28-14-16-29(17-15-28)26(30)22-10-6-7-11-23(22)27-21-8-4-3-5-9-21/h3-13,18,27H,14-17,19H2,1-2H3. The summed E-state index contributed by atoms with van der Waals surface area (Å²) in [6.45, 7) is 3.87. The number of hydrogen-bond acceptors (Lipinski definition) is 5. The predicted octanol–water partition coefficient (Wildman–Crippen LogP) is 4.41. The molecule has 6 nitrogen and oxygen atoms in total. The van der Waals surface area contributed by atoms with E-state index in [4.69, 9.17) is 9.47 Å². The summed E-state index contributed by atoms with van der Waals surface area (Å²) in [5, 5.41) is 3.37. The molecule has 0 spiro atoms. The Kier molecular flexibility index (Phi) is 6.92. The van der Waals surface area contributed by atoms with E-state index in [9.17, 15) is 4.79 Å². The number of amides is 1. The van der Waals surface area contributed by atoms with Crippen molar-refractivity contribution >= 4 is 17.3 Å². The number of carbonyl (C=O) groups is 1.